The average Bonchev–Trinajstić information content (AvgIpc) is 3.74. The maximum atomic E-state index is 2.44. The minimum Gasteiger partial charge on any atom is -1.00 e. The standard InChI is InChI=1S/C20H19.C17H15.C2H6Si.2ClH.Zr/c1-2-9-16(10-3-1)19-12-6-11-17-13-18(14-20(17)19)15-7-4-5-8-15;1-12-10-16-13(2)8-9-15(17(16)11-12)14-6-4-3-5-7-14;1-3-2;;;/h1-3,6,9-15H,4-5,7-8H2;3-11H,1-2H3;1-2H3;2*1H;/q2*-1;;;;+2/p-2. The predicted octanol–water partition coefficient (Wildman–Crippen LogP) is 5.52. The maximum Gasteiger partial charge on any atom is -0.0279 e. The Morgan fingerprint density at radius 2 is 1.21 bits per heavy atom. The van der Waals surface area contributed by atoms with Crippen molar-refractivity contribution in [3.63, 3.8) is 0 Å². The van der Waals surface area contributed by atoms with Crippen LogP contribution in [0, 0.1) is 13.8 Å². The number of rotatable bonds is 3. The number of hydrogen-bond acceptors (Lipinski definition) is 0. The Kier molecular flexibility index (Phi) is 13.7. The fourth-order valence-corrected chi connectivity index (χ4v) is 6.08. The van der Waals surface area contributed by atoms with Gasteiger partial charge in [0.1, 0.15) is 0 Å². The summed E-state index contributed by atoms with van der Waals surface area (Å²) in [6, 6.07) is 41.9. The van der Waals surface area contributed by atoms with Crippen LogP contribution in [0.25, 0.3) is 43.8 Å². The summed E-state index contributed by atoms with van der Waals surface area (Å²) in [7, 11) is 0. The smallest absolute Gasteiger partial charge is 0.0279 e. The van der Waals surface area contributed by atoms with E-state index < -0.39 is 0 Å². The summed E-state index contributed by atoms with van der Waals surface area (Å²) in [4.78, 5) is 0. The van der Waals surface area contributed by atoms with E-state index in [4.69, 9.17) is 0 Å². The molecule has 4 heteroatoms. The van der Waals surface area contributed by atoms with Crippen molar-refractivity contribution in [2.24, 2.45) is 0 Å². The molecule has 0 bridgehead atoms. The molecule has 43 heavy (non-hydrogen) atoms. The summed E-state index contributed by atoms with van der Waals surface area (Å²) in [5.41, 5.74) is 9.78. The van der Waals surface area contributed by atoms with Gasteiger partial charge in [-0.3, -0.25) is 0 Å². The second kappa shape index (κ2) is 16.7. The quantitative estimate of drug-likeness (QED) is 0.169. The zero-order chi connectivity index (χ0) is 28.8. The molecule has 0 spiro atoms. The van der Waals surface area contributed by atoms with Gasteiger partial charge in [-0.1, -0.05) is 111 Å². The van der Waals surface area contributed by atoms with E-state index in [1.165, 1.54) is 80.6 Å². The summed E-state index contributed by atoms with van der Waals surface area (Å²) in [6.07, 6.45) is 5.55. The molecule has 1 saturated carbocycles. The zero-order valence-corrected chi connectivity index (χ0v) is 30.6. The molecule has 0 N–H and O–H groups in total. The van der Waals surface area contributed by atoms with Crippen molar-refractivity contribution in [3.05, 3.63) is 132 Å². The molecule has 0 nitrogen and oxygen atoms in total. The number of fused-ring (bicyclic) bond motifs is 2. The van der Waals surface area contributed by atoms with Crippen molar-refractivity contribution >= 4 is 27.0 Å². The van der Waals surface area contributed by atoms with Crippen LogP contribution < -0.4 is 24.8 Å². The zero-order valence-electron chi connectivity index (χ0n) is 25.6. The third kappa shape index (κ3) is 8.92. The van der Waals surface area contributed by atoms with Gasteiger partial charge in [-0.15, -0.1) is 68.6 Å². The van der Waals surface area contributed by atoms with E-state index in [2.05, 4.69) is 142 Å². The minimum atomic E-state index is 0. The summed E-state index contributed by atoms with van der Waals surface area (Å²) in [6.45, 7) is 8.96. The van der Waals surface area contributed by atoms with E-state index in [1.807, 2.05) is 0 Å². The van der Waals surface area contributed by atoms with Gasteiger partial charge in [0.15, 0.2) is 0 Å². The number of halogens is 2. The van der Waals surface area contributed by atoms with Gasteiger partial charge in [0.05, 0.1) is 0 Å². The third-order valence-corrected chi connectivity index (χ3v) is 8.02. The van der Waals surface area contributed by atoms with Gasteiger partial charge in [0.25, 0.3) is 0 Å². The van der Waals surface area contributed by atoms with Crippen molar-refractivity contribution < 1.29 is 48.1 Å². The van der Waals surface area contributed by atoms with Crippen LogP contribution in [0.3, 0.4) is 0 Å². The van der Waals surface area contributed by atoms with Crippen molar-refractivity contribution in [1.29, 1.82) is 0 Å². The minimum absolute atomic E-state index is 0. The molecule has 0 amide bonds. The normalized spacial score (nSPS) is 12.4. The molecule has 1 fully saturated rings. The van der Waals surface area contributed by atoms with Gasteiger partial charge < -0.3 is 24.8 Å². The van der Waals surface area contributed by atoms with Crippen molar-refractivity contribution in [2.75, 3.05) is 0 Å². The van der Waals surface area contributed by atoms with Gasteiger partial charge in [-0.05, 0) is 29.9 Å². The predicted molar refractivity (Wildman–Crippen MR) is 178 cm³/mol. The Balaban J connectivity index is 0.000000203. The SMILES string of the molecule is C[Si](C)=[Zr+2].Cc1cc2c(-c3ccccc3)ccc(C)c2[cH-]1.[Cl-].[Cl-].c1ccc(-c2cccc3[cH-]c(C4CCCC4)cc23)cc1. The van der Waals surface area contributed by atoms with Crippen molar-refractivity contribution in [3.8, 4) is 22.3 Å². The van der Waals surface area contributed by atoms with Gasteiger partial charge >= 0.3 is 41.9 Å². The topological polar surface area (TPSA) is 0 Å². The summed E-state index contributed by atoms with van der Waals surface area (Å²) < 4.78 is 0. The first kappa shape index (κ1) is 35.3. The van der Waals surface area contributed by atoms with E-state index in [-0.39, 0.29) is 30.2 Å². The van der Waals surface area contributed by atoms with Crippen LogP contribution in [0.15, 0.2) is 115 Å². The van der Waals surface area contributed by atoms with Crippen LogP contribution in [0.4, 0.5) is 0 Å². The average molecular weight is 699 g/mol. The molecule has 6 aromatic rings. The largest absolute Gasteiger partial charge is 1.00 e. The molecule has 1 aliphatic rings. The van der Waals surface area contributed by atoms with E-state index in [0.29, 0.717) is 0 Å². The molecular weight excluding hydrogens is 659 g/mol. The second-order valence-corrected chi connectivity index (χ2v) is 21.0. The van der Waals surface area contributed by atoms with Gasteiger partial charge in [0.2, 0.25) is 0 Å². The first-order valence-corrected chi connectivity index (χ1v) is 21.1. The molecule has 6 aromatic carbocycles. The molecule has 0 saturated heterocycles. The Morgan fingerprint density at radius 1 is 0.651 bits per heavy atom. The van der Waals surface area contributed by atoms with Crippen molar-refractivity contribution in [1.82, 2.24) is 0 Å². The third-order valence-electron chi connectivity index (χ3n) is 8.02. The molecular formula is C39H40Cl2SiZr-2. The maximum absolute atomic E-state index is 2.44. The van der Waals surface area contributed by atoms with Gasteiger partial charge in [-0.25, -0.2) is 0 Å². The second-order valence-electron chi connectivity index (χ2n) is 11.6. The molecule has 1 aliphatic carbocycles. The first-order chi connectivity index (χ1) is 19.9. The molecule has 220 valence electrons. The van der Waals surface area contributed by atoms with Crippen LogP contribution in [0.5, 0.6) is 0 Å². The summed E-state index contributed by atoms with van der Waals surface area (Å²) >= 11 is 1.74. The molecule has 0 heterocycles. The van der Waals surface area contributed by atoms with Crippen LogP contribution in [-0.2, 0) is 23.3 Å². The molecule has 0 aliphatic heterocycles. The van der Waals surface area contributed by atoms with E-state index in [0.717, 1.165) is 5.92 Å². The van der Waals surface area contributed by atoms with E-state index >= 15 is 0 Å². The fraction of sp³-hybridized carbons (Fsp3) is 0.231. The van der Waals surface area contributed by atoms with Crippen LogP contribution >= 0.6 is 0 Å². The van der Waals surface area contributed by atoms with E-state index in [1.54, 1.807) is 28.9 Å². The van der Waals surface area contributed by atoms with Crippen LogP contribution in [0.1, 0.15) is 48.3 Å². The Hall–Kier alpha value is -2.22. The molecule has 0 atom stereocenters. The van der Waals surface area contributed by atoms with Crippen LogP contribution in [-0.4, -0.2) is 5.43 Å². The Bertz CT molecular complexity index is 1740. The van der Waals surface area contributed by atoms with Crippen molar-refractivity contribution in [2.45, 2.75) is 58.5 Å². The number of hydrogen-bond donors (Lipinski definition) is 0. The molecule has 7 rings (SSSR count). The molecule has 0 radical (unpaired) electrons. The van der Waals surface area contributed by atoms with E-state index in [9.17, 15) is 0 Å². The fourth-order valence-electron chi connectivity index (χ4n) is 6.08. The number of aryl methyl sites for hydroxylation is 2. The van der Waals surface area contributed by atoms with Gasteiger partial charge in [-0.2, -0.15) is 12.1 Å². The monoisotopic (exact) mass is 696 g/mol. The van der Waals surface area contributed by atoms with Crippen LogP contribution in [0.2, 0.25) is 13.1 Å². The Morgan fingerprint density at radius 3 is 1.79 bits per heavy atom. The Labute approximate surface area is 285 Å². The number of benzene rings is 4. The summed E-state index contributed by atoms with van der Waals surface area (Å²) in [5, 5.41) is 5.56. The first-order valence-electron chi connectivity index (χ1n) is 14.9. The molecule has 0 aromatic heterocycles. The molecule has 0 unspecified atom stereocenters. The van der Waals surface area contributed by atoms with Gasteiger partial charge in [0, 0.05) is 0 Å². The summed E-state index contributed by atoms with van der Waals surface area (Å²) in [5.74, 6) is 0.797.